The second kappa shape index (κ2) is 10.1. The lowest BCUT2D eigenvalue weighted by atomic mass is 10.7. The van der Waals surface area contributed by atoms with E-state index in [2.05, 4.69) is 4.74 Å². The molecule has 0 saturated heterocycles. The molecule has 0 aromatic rings. The molecule has 0 aliphatic carbocycles. The van der Waals surface area contributed by atoms with Gasteiger partial charge in [0.05, 0.1) is 6.61 Å². The van der Waals surface area contributed by atoms with Crippen LogP contribution in [0.3, 0.4) is 0 Å². The van der Waals surface area contributed by atoms with Crippen LogP contribution < -0.4 is 0 Å². The van der Waals surface area contributed by atoms with E-state index >= 15 is 0 Å². The second-order valence-corrected chi connectivity index (χ2v) is 0.989. The van der Waals surface area contributed by atoms with Gasteiger partial charge in [-0.3, -0.25) is 5.41 Å². The fourth-order valence-corrected chi connectivity index (χ4v) is 0.217. The number of hydrogen-bond acceptors (Lipinski definition) is 2. The van der Waals surface area contributed by atoms with Crippen molar-refractivity contribution in [3.63, 3.8) is 0 Å². The van der Waals surface area contributed by atoms with E-state index in [4.69, 9.17) is 5.41 Å². The van der Waals surface area contributed by atoms with Crippen molar-refractivity contribution in [1.82, 2.24) is 0 Å². The van der Waals surface area contributed by atoms with Crippen LogP contribution in [-0.4, -0.2) is 12.5 Å². The number of rotatable bonds is 1. The minimum absolute atomic E-state index is 0. The topological polar surface area (TPSA) is 33.1 Å². The van der Waals surface area contributed by atoms with E-state index in [1.165, 1.54) is 0 Å². The Morgan fingerprint density at radius 3 is 1.88 bits per heavy atom. The van der Waals surface area contributed by atoms with Crippen LogP contribution in [0.15, 0.2) is 0 Å². The largest absolute Gasteiger partial charge is 0.482 e. The van der Waals surface area contributed by atoms with Crippen molar-refractivity contribution in [1.29, 1.82) is 5.41 Å². The van der Waals surface area contributed by atoms with Gasteiger partial charge in [0.1, 0.15) is 0 Å². The van der Waals surface area contributed by atoms with Gasteiger partial charge in [-0.2, -0.15) is 0 Å². The van der Waals surface area contributed by atoms with Crippen molar-refractivity contribution in [3.05, 3.63) is 0 Å². The van der Waals surface area contributed by atoms with Crippen LogP contribution >= 0.6 is 24.8 Å². The summed E-state index contributed by atoms with van der Waals surface area (Å²) in [7, 11) is 0. The molecule has 0 aliphatic rings. The maximum absolute atomic E-state index is 6.67. The highest BCUT2D eigenvalue weighted by atomic mass is 35.5. The molecule has 0 bridgehead atoms. The Kier molecular flexibility index (Phi) is 19.8. The van der Waals surface area contributed by atoms with Gasteiger partial charge in [0.2, 0.25) is 0 Å². The van der Waals surface area contributed by atoms with Crippen LogP contribution in [0.5, 0.6) is 0 Å². The minimum atomic E-state index is 0. The first-order valence-electron chi connectivity index (χ1n) is 1.95. The van der Waals surface area contributed by atoms with Crippen molar-refractivity contribution in [3.8, 4) is 0 Å². The molecule has 1 N–H and O–H groups in total. The molecule has 8 heavy (non-hydrogen) atoms. The molecule has 0 saturated carbocycles. The van der Waals surface area contributed by atoms with E-state index in [-0.39, 0.29) is 30.7 Å². The van der Waals surface area contributed by atoms with E-state index in [0.717, 1.165) is 0 Å². The van der Waals surface area contributed by atoms with Gasteiger partial charge in [0.25, 0.3) is 0 Å². The van der Waals surface area contributed by atoms with E-state index in [9.17, 15) is 0 Å². The molecule has 0 heterocycles. The Morgan fingerprint density at radius 1 is 1.50 bits per heavy atom. The van der Waals surface area contributed by atoms with Gasteiger partial charge in [-0.15, -0.1) is 24.8 Å². The first kappa shape index (κ1) is 15.7. The van der Waals surface area contributed by atoms with Crippen LogP contribution in [0.25, 0.3) is 0 Å². The monoisotopic (exact) mass is 159 g/mol. The Balaban J connectivity index is -0.000000125. The summed E-state index contributed by atoms with van der Waals surface area (Å²) >= 11 is 0. The lowest BCUT2D eigenvalue weighted by molar-refractivity contribution is 0.321. The minimum Gasteiger partial charge on any atom is -0.482 e. The molecule has 0 atom stereocenters. The fourth-order valence-electron chi connectivity index (χ4n) is 0.217. The van der Waals surface area contributed by atoms with Gasteiger partial charge < -0.3 is 4.74 Å². The maximum Gasteiger partial charge on any atom is 0.177 e. The number of ether oxygens (including phenoxy) is 1. The van der Waals surface area contributed by atoms with Crippen molar-refractivity contribution in [2.75, 3.05) is 6.61 Å². The molecule has 52 valence electrons. The predicted octanol–water partition coefficient (Wildman–Crippen LogP) is 1.86. The molecule has 0 spiro atoms. The van der Waals surface area contributed by atoms with Gasteiger partial charge in [0.15, 0.2) is 5.90 Å². The maximum atomic E-state index is 6.67. The summed E-state index contributed by atoms with van der Waals surface area (Å²) in [5.41, 5.74) is 0. The van der Waals surface area contributed by atoms with E-state index < -0.39 is 0 Å². The summed E-state index contributed by atoms with van der Waals surface area (Å²) in [5, 5.41) is 6.67. The van der Waals surface area contributed by atoms with Crippen LogP contribution in [-0.2, 0) is 4.74 Å². The predicted molar refractivity (Wildman–Crippen MR) is 39.5 cm³/mol. The molecule has 4 heteroatoms. The highest BCUT2D eigenvalue weighted by Crippen LogP contribution is 1.70. The smallest absolute Gasteiger partial charge is 0.177 e. The Hall–Kier alpha value is 0.0500. The third-order valence-electron chi connectivity index (χ3n) is 0.361. The Labute approximate surface area is 61.9 Å². The highest BCUT2D eigenvalue weighted by Gasteiger charge is 1.75. The average Bonchev–Trinajstić information content (AvgIpc) is 1.35. The van der Waals surface area contributed by atoms with Crippen LogP contribution in [0, 0.1) is 5.41 Å². The zero-order valence-electron chi connectivity index (χ0n) is 4.93. The van der Waals surface area contributed by atoms with Crippen molar-refractivity contribution in [2.45, 2.75) is 13.8 Å². The van der Waals surface area contributed by atoms with E-state index in [1.807, 2.05) is 6.92 Å². The molecular weight excluding hydrogens is 149 g/mol. The first-order chi connectivity index (χ1) is 2.77. The number of nitrogens with one attached hydrogen (secondary N) is 1. The quantitative estimate of drug-likeness (QED) is 0.460. The molecule has 0 aromatic heterocycles. The summed E-state index contributed by atoms with van der Waals surface area (Å²) in [4.78, 5) is 0. The summed E-state index contributed by atoms with van der Waals surface area (Å²) < 4.78 is 4.62. The summed E-state index contributed by atoms with van der Waals surface area (Å²) in [6.07, 6.45) is 0. The summed E-state index contributed by atoms with van der Waals surface area (Å²) in [6.45, 7) is 4.08. The average molecular weight is 160 g/mol. The first-order valence-corrected chi connectivity index (χ1v) is 1.95. The third-order valence-corrected chi connectivity index (χ3v) is 0.361. The Bertz CT molecular complexity index is 58.0. The SMILES string of the molecule is CCOC(C)=N.Cl.Cl. The third kappa shape index (κ3) is 16.6. The molecule has 0 radical (unpaired) electrons. The van der Waals surface area contributed by atoms with Crippen molar-refractivity contribution < 1.29 is 4.74 Å². The summed E-state index contributed by atoms with van der Waals surface area (Å²) in [6, 6.07) is 0. The zero-order chi connectivity index (χ0) is 4.99. The standard InChI is InChI=1S/C4H9NO.2ClH/c1-3-6-4(2)5;;/h5H,3H2,1-2H3;2*1H. The molecule has 0 rings (SSSR count). The molecule has 2 nitrogen and oxygen atoms in total. The van der Waals surface area contributed by atoms with Crippen molar-refractivity contribution >= 4 is 30.7 Å². The van der Waals surface area contributed by atoms with Crippen LogP contribution in [0.1, 0.15) is 13.8 Å². The van der Waals surface area contributed by atoms with E-state index in [0.29, 0.717) is 6.61 Å². The number of halogens is 2. The zero-order valence-corrected chi connectivity index (χ0v) is 6.56. The van der Waals surface area contributed by atoms with Crippen LogP contribution in [0.4, 0.5) is 0 Å². The number of hydrogen-bond donors (Lipinski definition) is 1. The van der Waals surface area contributed by atoms with Gasteiger partial charge in [-0.25, -0.2) is 0 Å². The van der Waals surface area contributed by atoms with Gasteiger partial charge in [-0.1, -0.05) is 0 Å². The van der Waals surface area contributed by atoms with E-state index in [1.54, 1.807) is 6.92 Å². The van der Waals surface area contributed by atoms with Gasteiger partial charge in [-0.05, 0) is 6.92 Å². The molecule has 0 fully saturated rings. The van der Waals surface area contributed by atoms with Gasteiger partial charge >= 0.3 is 0 Å². The summed E-state index contributed by atoms with van der Waals surface area (Å²) in [5.74, 6) is 0.289. The molecular formula is C4H11Cl2NO. The molecule has 0 unspecified atom stereocenters. The fraction of sp³-hybridized carbons (Fsp3) is 0.750. The molecule has 0 aliphatic heterocycles. The van der Waals surface area contributed by atoms with Crippen molar-refractivity contribution in [2.24, 2.45) is 0 Å². The van der Waals surface area contributed by atoms with Gasteiger partial charge in [0, 0.05) is 6.92 Å². The molecule has 0 amide bonds. The second-order valence-electron chi connectivity index (χ2n) is 0.989. The highest BCUT2D eigenvalue weighted by molar-refractivity contribution is 5.85. The van der Waals surface area contributed by atoms with Crippen LogP contribution in [0.2, 0.25) is 0 Å². The lowest BCUT2D eigenvalue weighted by Gasteiger charge is -1.93. The Morgan fingerprint density at radius 2 is 1.88 bits per heavy atom. The lowest BCUT2D eigenvalue weighted by Crippen LogP contribution is -1.94. The molecule has 0 aromatic carbocycles. The normalized spacial score (nSPS) is 5.75.